The standard InChI is InChI=1S/C13H19N5/c1-10-3-4-11(2)18(10)8-7-17-13-12(9-14)15-5-6-16-13/h5-6,10-11H,3-4,7-8H2,1-2H3,(H,16,17)/t10-,11?/m0/s1. The Kier molecular flexibility index (Phi) is 4.11. The lowest BCUT2D eigenvalue weighted by molar-refractivity contribution is 0.223. The quantitative estimate of drug-likeness (QED) is 0.873. The first-order chi connectivity index (χ1) is 8.72. The van der Waals surface area contributed by atoms with Crippen molar-refractivity contribution in [3.05, 3.63) is 18.1 Å². The molecule has 0 amide bonds. The van der Waals surface area contributed by atoms with E-state index in [0.29, 0.717) is 23.6 Å². The smallest absolute Gasteiger partial charge is 0.182 e. The third kappa shape index (κ3) is 2.77. The second kappa shape index (κ2) is 5.78. The van der Waals surface area contributed by atoms with Gasteiger partial charge in [0.2, 0.25) is 0 Å². The number of aromatic nitrogens is 2. The molecule has 0 aromatic carbocycles. The van der Waals surface area contributed by atoms with Crippen LogP contribution in [0.25, 0.3) is 0 Å². The van der Waals surface area contributed by atoms with E-state index in [4.69, 9.17) is 5.26 Å². The summed E-state index contributed by atoms with van der Waals surface area (Å²) in [6.07, 6.45) is 5.68. The van der Waals surface area contributed by atoms with Crippen molar-refractivity contribution < 1.29 is 0 Å². The maximum atomic E-state index is 8.91. The Morgan fingerprint density at radius 3 is 2.67 bits per heavy atom. The van der Waals surface area contributed by atoms with Crippen LogP contribution in [0.4, 0.5) is 5.82 Å². The molecule has 1 fully saturated rings. The summed E-state index contributed by atoms with van der Waals surface area (Å²) in [7, 11) is 0. The molecular weight excluding hydrogens is 226 g/mol. The van der Waals surface area contributed by atoms with Gasteiger partial charge < -0.3 is 5.32 Å². The normalized spacial score (nSPS) is 23.8. The fourth-order valence-corrected chi connectivity index (χ4v) is 2.54. The van der Waals surface area contributed by atoms with Crippen LogP contribution in [-0.4, -0.2) is 40.0 Å². The number of hydrogen-bond acceptors (Lipinski definition) is 5. The summed E-state index contributed by atoms with van der Waals surface area (Å²) in [5, 5.41) is 12.1. The van der Waals surface area contributed by atoms with Crippen LogP contribution in [0, 0.1) is 11.3 Å². The van der Waals surface area contributed by atoms with Gasteiger partial charge in [-0.2, -0.15) is 5.26 Å². The van der Waals surface area contributed by atoms with Crippen LogP contribution in [-0.2, 0) is 0 Å². The zero-order valence-electron chi connectivity index (χ0n) is 10.9. The Bertz CT molecular complexity index is 429. The molecule has 96 valence electrons. The van der Waals surface area contributed by atoms with Crippen molar-refractivity contribution in [2.45, 2.75) is 38.8 Å². The minimum absolute atomic E-state index is 0.361. The molecular formula is C13H19N5. The molecule has 0 saturated carbocycles. The molecule has 1 N–H and O–H groups in total. The number of likely N-dealkylation sites (tertiary alicyclic amines) is 1. The molecule has 0 bridgehead atoms. The predicted molar refractivity (Wildman–Crippen MR) is 70.1 cm³/mol. The highest BCUT2D eigenvalue weighted by Crippen LogP contribution is 2.22. The van der Waals surface area contributed by atoms with Crippen molar-refractivity contribution >= 4 is 5.82 Å². The minimum Gasteiger partial charge on any atom is -0.366 e. The molecule has 0 radical (unpaired) electrons. The Morgan fingerprint density at radius 2 is 2.00 bits per heavy atom. The van der Waals surface area contributed by atoms with Gasteiger partial charge in [0.05, 0.1) is 0 Å². The number of nitrogens with one attached hydrogen (secondary N) is 1. The first-order valence-electron chi connectivity index (χ1n) is 6.43. The average Bonchev–Trinajstić information content (AvgIpc) is 2.71. The van der Waals surface area contributed by atoms with Crippen molar-refractivity contribution in [1.82, 2.24) is 14.9 Å². The molecule has 1 aliphatic rings. The maximum Gasteiger partial charge on any atom is 0.182 e. The van der Waals surface area contributed by atoms with Crippen LogP contribution in [0.5, 0.6) is 0 Å². The summed E-state index contributed by atoms with van der Waals surface area (Å²) >= 11 is 0. The molecule has 2 heterocycles. The number of nitrogens with zero attached hydrogens (tertiary/aromatic N) is 4. The van der Waals surface area contributed by atoms with Gasteiger partial charge in [0.1, 0.15) is 6.07 Å². The molecule has 18 heavy (non-hydrogen) atoms. The van der Waals surface area contributed by atoms with Crippen molar-refractivity contribution in [3.63, 3.8) is 0 Å². The van der Waals surface area contributed by atoms with Crippen molar-refractivity contribution in [3.8, 4) is 6.07 Å². The van der Waals surface area contributed by atoms with Gasteiger partial charge in [0.15, 0.2) is 11.5 Å². The van der Waals surface area contributed by atoms with E-state index in [0.717, 1.165) is 13.1 Å². The molecule has 2 rings (SSSR count). The second-order valence-electron chi connectivity index (χ2n) is 4.81. The van der Waals surface area contributed by atoms with Gasteiger partial charge >= 0.3 is 0 Å². The van der Waals surface area contributed by atoms with Crippen LogP contribution >= 0.6 is 0 Å². The molecule has 2 atom stereocenters. The van der Waals surface area contributed by atoms with E-state index in [2.05, 4.69) is 34.0 Å². The molecule has 5 heteroatoms. The van der Waals surface area contributed by atoms with E-state index in [1.165, 1.54) is 19.0 Å². The van der Waals surface area contributed by atoms with Gasteiger partial charge in [-0.3, -0.25) is 4.90 Å². The summed E-state index contributed by atoms with van der Waals surface area (Å²) < 4.78 is 0. The molecule has 1 saturated heterocycles. The summed E-state index contributed by atoms with van der Waals surface area (Å²) in [6.45, 7) is 6.31. The van der Waals surface area contributed by atoms with Gasteiger partial charge in [-0.25, -0.2) is 9.97 Å². The van der Waals surface area contributed by atoms with Gasteiger partial charge in [-0.05, 0) is 26.7 Å². The zero-order valence-corrected chi connectivity index (χ0v) is 10.9. The highest BCUT2D eigenvalue weighted by molar-refractivity contribution is 5.46. The monoisotopic (exact) mass is 245 g/mol. The number of hydrogen-bond donors (Lipinski definition) is 1. The second-order valence-corrected chi connectivity index (χ2v) is 4.81. The van der Waals surface area contributed by atoms with Crippen LogP contribution < -0.4 is 5.32 Å². The molecule has 5 nitrogen and oxygen atoms in total. The minimum atomic E-state index is 0.361. The Hall–Kier alpha value is -1.67. The highest BCUT2D eigenvalue weighted by atomic mass is 15.2. The Labute approximate surface area is 108 Å². The van der Waals surface area contributed by atoms with Gasteiger partial charge in [0.25, 0.3) is 0 Å². The summed E-state index contributed by atoms with van der Waals surface area (Å²) in [5.41, 5.74) is 0.361. The molecule has 0 aliphatic carbocycles. The van der Waals surface area contributed by atoms with Gasteiger partial charge in [-0.1, -0.05) is 0 Å². The van der Waals surface area contributed by atoms with Crippen LogP contribution in [0.15, 0.2) is 12.4 Å². The lowest BCUT2D eigenvalue weighted by Crippen LogP contribution is -2.36. The molecule has 1 aliphatic heterocycles. The first kappa shape index (κ1) is 12.8. The largest absolute Gasteiger partial charge is 0.366 e. The topological polar surface area (TPSA) is 64.8 Å². The fourth-order valence-electron chi connectivity index (χ4n) is 2.54. The van der Waals surface area contributed by atoms with Gasteiger partial charge in [0, 0.05) is 37.6 Å². The van der Waals surface area contributed by atoms with Gasteiger partial charge in [-0.15, -0.1) is 0 Å². The van der Waals surface area contributed by atoms with E-state index >= 15 is 0 Å². The average molecular weight is 245 g/mol. The SMILES string of the molecule is CC1CC[C@H](C)N1CCNc1nccnc1C#N. The lowest BCUT2D eigenvalue weighted by Gasteiger charge is -2.25. The molecule has 0 spiro atoms. The molecule has 1 aromatic heterocycles. The van der Waals surface area contributed by atoms with E-state index in [1.807, 2.05) is 6.07 Å². The predicted octanol–water partition coefficient (Wildman–Crippen LogP) is 1.63. The van der Waals surface area contributed by atoms with E-state index in [-0.39, 0.29) is 0 Å². The summed E-state index contributed by atoms with van der Waals surface area (Å²) in [4.78, 5) is 10.6. The van der Waals surface area contributed by atoms with Crippen LogP contribution in [0.3, 0.4) is 0 Å². The van der Waals surface area contributed by atoms with Crippen molar-refractivity contribution in [2.75, 3.05) is 18.4 Å². The fraction of sp³-hybridized carbons (Fsp3) is 0.615. The van der Waals surface area contributed by atoms with Crippen molar-refractivity contribution in [2.24, 2.45) is 0 Å². The third-order valence-electron chi connectivity index (χ3n) is 3.60. The van der Waals surface area contributed by atoms with Crippen molar-refractivity contribution in [1.29, 1.82) is 5.26 Å². The number of nitriles is 1. The Balaban J connectivity index is 1.87. The third-order valence-corrected chi connectivity index (χ3v) is 3.60. The van der Waals surface area contributed by atoms with E-state index in [1.54, 1.807) is 6.20 Å². The van der Waals surface area contributed by atoms with Crippen LogP contribution in [0.1, 0.15) is 32.4 Å². The maximum absolute atomic E-state index is 8.91. The Morgan fingerprint density at radius 1 is 1.33 bits per heavy atom. The first-order valence-corrected chi connectivity index (χ1v) is 6.43. The number of anilines is 1. The summed E-state index contributed by atoms with van der Waals surface area (Å²) in [6, 6.07) is 3.35. The van der Waals surface area contributed by atoms with Crippen LogP contribution in [0.2, 0.25) is 0 Å². The molecule has 1 unspecified atom stereocenters. The molecule has 1 aromatic rings. The van der Waals surface area contributed by atoms with E-state index in [9.17, 15) is 0 Å². The summed E-state index contributed by atoms with van der Waals surface area (Å²) in [5.74, 6) is 0.583. The zero-order chi connectivity index (χ0) is 13.0. The highest BCUT2D eigenvalue weighted by Gasteiger charge is 2.26. The lowest BCUT2D eigenvalue weighted by atomic mass is 10.2. The van der Waals surface area contributed by atoms with E-state index < -0.39 is 0 Å². The number of rotatable bonds is 4.